The number of hydrogen-bond acceptors (Lipinski definition) is 2. The van der Waals surface area contributed by atoms with Gasteiger partial charge in [-0.2, -0.15) is 0 Å². The normalized spacial score (nSPS) is 15.6. The lowest BCUT2D eigenvalue weighted by Gasteiger charge is -2.35. The molecule has 0 aliphatic carbocycles. The van der Waals surface area contributed by atoms with E-state index in [1.165, 1.54) is 27.6 Å². The van der Waals surface area contributed by atoms with Crippen molar-refractivity contribution in [3.63, 3.8) is 0 Å². The molecule has 2 heterocycles. The Morgan fingerprint density at radius 2 is 1.51 bits per heavy atom. The fourth-order valence-corrected chi connectivity index (χ4v) is 5.13. The fourth-order valence-electron chi connectivity index (χ4n) is 5.13. The average Bonchev–Trinajstić information content (AvgIpc) is 3.25. The number of amides is 1. The summed E-state index contributed by atoms with van der Waals surface area (Å²) in [5.74, 6) is 0.285. The number of rotatable bonds is 7. The highest BCUT2D eigenvalue weighted by atomic mass is 16.2. The van der Waals surface area contributed by atoms with Crippen molar-refractivity contribution in [2.75, 3.05) is 32.7 Å². The van der Waals surface area contributed by atoms with Crippen LogP contribution in [0.2, 0.25) is 0 Å². The molecule has 1 aliphatic heterocycles. The minimum Gasteiger partial charge on any atom is -0.350 e. The van der Waals surface area contributed by atoms with Gasteiger partial charge in [-0.1, -0.05) is 91.0 Å². The van der Waals surface area contributed by atoms with E-state index in [9.17, 15) is 4.79 Å². The Morgan fingerprint density at radius 1 is 0.857 bits per heavy atom. The summed E-state index contributed by atoms with van der Waals surface area (Å²) >= 11 is 0. The topological polar surface area (TPSA) is 28.5 Å². The summed E-state index contributed by atoms with van der Waals surface area (Å²) in [7, 11) is 2.08. The van der Waals surface area contributed by atoms with E-state index in [4.69, 9.17) is 0 Å². The molecule has 0 radical (unpaired) electrons. The first-order valence-corrected chi connectivity index (χ1v) is 12.5. The van der Waals surface area contributed by atoms with Crippen molar-refractivity contribution in [3.05, 3.63) is 114 Å². The van der Waals surface area contributed by atoms with Crippen LogP contribution in [0.25, 0.3) is 17.0 Å². The molecule has 1 fully saturated rings. The molecule has 1 aromatic heterocycles. The number of nitrogens with zero attached hydrogens (tertiary/aromatic N) is 3. The first-order valence-electron chi connectivity index (χ1n) is 12.5. The summed E-state index contributed by atoms with van der Waals surface area (Å²) in [5, 5.41) is 1.23. The Morgan fingerprint density at radius 3 is 2.26 bits per heavy atom. The maximum Gasteiger partial charge on any atom is 0.223 e. The van der Waals surface area contributed by atoms with Crippen LogP contribution in [-0.4, -0.2) is 53.0 Å². The second-order valence-corrected chi connectivity index (χ2v) is 9.37. The van der Waals surface area contributed by atoms with Crippen molar-refractivity contribution in [2.24, 2.45) is 7.05 Å². The predicted molar refractivity (Wildman–Crippen MR) is 144 cm³/mol. The third-order valence-corrected chi connectivity index (χ3v) is 7.08. The quantitative estimate of drug-likeness (QED) is 0.359. The summed E-state index contributed by atoms with van der Waals surface area (Å²) in [6.45, 7) is 4.31. The summed E-state index contributed by atoms with van der Waals surface area (Å²) in [6, 6.07) is 29.3. The van der Waals surface area contributed by atoms with Gasteiger partial charge in [-0.25, -0.2) is 0 Å². The minimum absolute atomic E-state index is 0.0432. The zero-order valence-corrected chi connectivity index (χ0v) is 20.4. The van der Waals surface area contributed by atoms with Crippen LogP contribution in [-0.2, 0) is 11.8 Å². The number of aromatic nitrogens is 1. The molecule has 0 spiro atoms. The van der Waals surface area contributed by atoms with Gasteiger partial charge in [0.2, 0.25) is 5.91 Å². The zero-order valence-electron chi connectivity index (χ0n) is 20.4. The van der Waals surface area contributed by atoms with Crippen LogP contribution in [0.5, 0.6) is 0 Å². The third kappa shape index (κ3) is 5.39. The minimum atomic E-state index is 0.0432. The summed E-state index contributed by atoms with van der Waals surface area (Å²) in [6.07, 6.45) is 7.09. The molecule has 4 heteroatoms. The number of hydrogen-bond donors (Lipinski definition) is 0. The summed E-state index contributed by atoms with van der Waals surface area (Å²) in [5.41, 5.74) is 4.85. The van der Waals surface area contributed by atoms with E-state index in [0.717, 1.165) is 32.7 Å². The van der Waals surface area contributed by atoms with Crippen LogP contribution in [0.1, 0.15) is 29.0 Å². The van der Waals surface area contributed by atoms with E-state index in [1.54, 1.807) is 0 Å². The van der Waals surface area contributed by atoms with Crippen molar-refractivity contribution in [1.82, 2.24) is 14.4 Å². The van der Waals surface area contributed by atoms with Crippen LogP contribution in [0.3, 0.4) is 0 Å². The molecule has 35 heavy (non-hydrogen) atoms. The molecule has 0 bridgehead atoms. The van der Waals surface area contributed by atoms with Gasteiger partial charge in [0.25, 0.3) is 0 Å². The average molecular weight is 464 g/mol. The van der Waals surface area contributed by atoms with E-state index in [1.807, 2.05) is 12.1 Å². The van der Waals surface area contributed by atoms with E-state index in [0.29, 0.717) is 6.42 Å². The SMILES string of the molecule is Cn1cc(C(CC(=O)N2CCN(C/C=C/c3ccccc3)CC2)c2ccccc2)c2ccccc21. The third-order valence-electron chi connectivity index (χ3n) is 7.08. The van der Waals surface area contributed by atoms with Gasteiger partial charge in [0, 0.05) is 69.2 Å². The highest BCUT2D eigenvalue weighted by Gasteiger charge is 2.26. The molecule has 4 nitrogen and oxygen atoms in total. The van der Waals surface area contributed by atoms with Crippen LogP contribution in [0.15, 0.2) is 97.2 Å². The standard InChI is InChI=1S/C31H33N3O/c1-32-24-29(27-16-8-9-17-30(27)32)28(26-14-6-3-7-15-26)23-31(35)34-21-19-33(20-22-34)18-10-13-25-11-4-2-5-12-25/h2-17,24,28H,18-23H2,1H3/b13-10+. The van der Waals surface area contributed by atoms with Crippen molar-refractivity contribution in [3.8, 4) is 0 Å². The maximum atomic E-state index is 13.5. The van der Waals surface area contributed by atoms with Gasteiger partial charge in [0.15, 0.2) is 0 Å². The number of aryl methyl sites for hydroxylation is 1. The van der Waals surface area contributed by atoms with E-state index < -0.39 is 0 Å². The molecule has 0 saturated carbocycles. The van der Waals surface area contributed by atoms with E-state index in [-0.39, 0.29) is 11.8 Å². The van der Waals surface area contributed by atoms with Gasteiger partial charge in [-0.15, -0.1) is 0 Å². The molecule has 1 saturated heterocycles. The predicted octanol–water partition coefficient (Wildman–Crippen LogP) is 5.56. The number of fused-ring (bicyclic) bond motifs is 1. The Bertz CT molecular complexity index is 1280. The molecule has 0 N–H and O–H groups in total. The van der Waals surface area contributed by atoms with Crippen molar-refractivity contribution < 1.29 is 4.79 Å². The largest absolute Gasteiger partial charge is 0.350 e. The highest BCUT2D eigenvalue weighted by molar-refractivity contribution is 5.86. The number of carbonyl (C=O) groups is 1. The van der Waals surface area contributed by atoms with Gasteiger partial charge in [-0.05, 0) is 22.8 Å². The first kappa shape index (κ1) is 23.1. The molecular weight excluding hydrogens is 430 g/mol. The number of carbonyl (C=O) groups excluding carboxylic acids is 1. The molecule has 1 unspecified atom stereocenters. The van der Waals surface area contributed by atoms with E-state index in [2.05, 4.69) is 113 Å². The Hall–Kier alpha value is -3.63. The lowest BCUT2D eigenvalue weighted by atomic mass is 9.87. The second-order valence-electron chi connectivity index (χ2n) is 9.37. The van der Waals surface area contributed by atoms with Crippen molar-refractivity contribution >= 4 is 22.9 Å². The molecule has 1 aliphatic rings. The summed E-state index contributed by atoms with van der Waals surface area (Å²) in [4.78, 5) is 18.0. The Kier molecular flexibility index (Phi) is 7.10. The Balaban J connectivity index is 1.26. The number of benzene rings is 3. The smallest absolute Gasteiger partial charge is 0.223 e. The molecule has 1 atom stereocenters. The van der Waals surface area contributed by atoms with Crippen LogP contribution in [0, 0.1) is 0 Å². The zero-order chi connectivity index (χ0) is 24.0. The maximum absolute atomic E-state index is 13.5. The van der Waals surface area contributed by atoms with E-state index >= 15 is 0 Å². The molecule has 5 rings (SSSR count). The Labute approximate surface area is 208 Å². The molecular formula is C31H33N3O. The molecule has 178 valence electrons. The first-order chi connectivity index (χ1) is 17.2. The van der Waals surface area contributed by atoms with Crippen molar-refractivity contribution in [1.29, 1.82) is 0 Å². The van der Waals surface area contributed by atoms with Crippen molar-refractivity contribution in [2.45, 2.75) is 12.3 Å². The fraction of sp³-hybridized carbons (Fsp3) is 0.258. The molecule has 3 aromatic carbocycles. The van der Waals surface area contributed by atoms with Crippen LogP contribution < -0.4 is 0 Å². The monoisotopic (exact) mass is 463 g/mol. The van der Waals surface area contributed by atoms with Gasteiger partial charge < -0.3 is 9.47 Å². The van der Waals surface area contributed by atoms with Crippen LogP contribution in [0.4, 0.5) is 0 Å². The molecule has 1 amide bonds. The van der Waals surface area contributed by atoms with Crippen LogP contribution >= 0.6 is 0 Å². The number of para-hydroxylation sites is 1. The lowest BCUT2D eigenvalue weighted by Crippen LogP contribution is -2.48. The summed E-state index contributed by atoms with van der Waals surface area (Å²) < 4.78 is 2.17. The second kappa shape index (κ2) is 10.7. The van der Waals surface area contributed by atoms with Gasteiger partial charge >= 0.3 is 0 Å². The lowest BCUT2D eigenvalue weighted by molar-refractivity contribution is -0.133. The molecule has 4 aromatic rings. The van der Waals surface area contributed by atoms with Gasteiger partial charge in [0.05, 0.1) is 0 Å². The van der Waals surface area contributed by atoms with Gasteiger partial charge in [0.1, 0.15) is 0 Å². The van der Waals surface area contributed by atoms with Gasteiger partial charge in [-0.3, -0.25) is 9.69 Å². The highest BCUT2D eigenvalue weighted by Crippen LogP contribution is 2.35. The number of piperazine rings is 1.